The Morgan fingerprint density at radius 3 is 2.72 bits per heavy atom. The Morgan fingerprint density at radius 2 is 2.00 bits per heavy atom. The van der Waals surface area contributed by atoms with Crippen LogP contribution in [0.5, 0.6) is 0 Å². The molecule has 0 bridgehead atoms. The van der Waals surface area contributed by atoms with Gasteiger partial charge in [0, 0.05) is 44.1 Å². The molecular weight excluding hydrogens is 314 g/mol. The lowest BCUT2D eigenvalue weighted by Gasteiger charge is -2.17. The lowest BCUT2D eigenvalue weighted by molar-refractivity contribution is -0.130. The molecule has 1 unspecified atom stereocenters. The maximum absolute atomic E-state index is 11.9. The Labute approximate surface area is 150 Å². The molecule has 2 N–H and O–H groups in total. The Bertz CT molecular complexity index is 637. The Hall–Kier alpha value is -2.14. The van der Waals surface area contributed by atoms with Gasteiger partial charge in [-0.3, -0.25) is 4.79 Å². The number of aryl methyl sites for hydroxylation is 1. The summed E-state index contributed by atoms with van der Waals surface area (Å²) in [6.07, 6.45) is 5.26. The summed E-state index contributed by atoms with van der Waals surface area (Å²) in [6, 6.07) is 12.1. The van der Waals surface area contributed by atoms with Gasteiger partial charge in [0.1, 0.15) is 11.5 Å². The molecule has 1 amide bonds. The first kappa shape index (κ1) is 19.2. The number of amides is 1. The average Bonchev–Trinajstić information content (AvgIpc) is 3.08. The van der Waals surface area contributed by atoms with Crippen LogP contribution in [0.1, 0.15) is 44.8 Å². The van der Waals surface area contributed by atoms with E-state index in [1.165, 1.54) is 0 Å². The summed E-state index contributed by atoms with van der Waals surface area (Å²) in [7, 11) is 1.87. The molecule has 2 aromatic rings. The van der Waals surface area contributed by atoms with Crippen LogP contribution in [0.25, 0.3) is 11.3 Å². The maximum atomic E-state index is 11.9. The topological polar surface area (TPSA) is 72.4 Å². The van der Waals surface area contributed by atoms with Crippen LogP contribution in [0, 0.1) is 0 Å². The van der Waals surface area contributed by atoms with Gasteiger partial charge >= 0.3 is 0 Å². The summed E-state index contributed by atoms with van der Waals surface area (Å²) in [4.78, 5) is 13.7. The van der Waals surface area contributed by atoms with E-state index in [0.717, 1.165) is 55.7 Å². The van der Waals surface area contributed by atoms with E-state index in [2.05, 4.69) is 5.16 Å². The fraction of sp³-hybridized carbons (Fsp3) is 0.500. The minimum absolute atomic E-state index is 0.0834. The maximum Gasteiger partial charge on any atom is 0.222 e. The first-order chi connectivity index (χ1) is 12.1. The third-order valence-electron chi connectivity index (χ3n) is 4.28. The molecule has 0 spiro atoms. The van der Waals surface area contributed by atoms with Gasteiger partial charge in [-0.05, 0) is 26.2 Å². The number of carbonyl (C=O) groups excluding carboxylic acids is 1. The molecule has 2 rings (SSSR count). The summed E-state index contributed by atoms with van der Waals surface area (Å²) in [6.45, 7) is 2.73. The smallest absolute Gasteiger partial charge is 0.222 e. The molecule has 25 heavy (non-hydrogen) atoms. The van der Waals surface area contributed by atoms with Crippen LogP contribution < -0.4 is 5.73 Å². The van der Waals surface area contributed by atoms with Gasteiger partial charge in [-0.15, -0.1) is 0 Å². The van der Waals surface area contributed by atoms with E-state index in [1.54, 1.807) is 0 Å². The van der Waals surface area contributed by atoms with E-state index >= 15 is 0 Å². The molecule has 0 aliphatic rings. The van der Waals surface area contributed by atoms with Crippen molar-refractivity contribution in [3.63, 3.8) is 0 Å². The molecule has 0 fully saturated rings. The molecule has 1 atom stereocenters. The molecule has 1 heterocycles. The van der Waals surface area contributed by atoms with E-state index in [0.29, 0.717) is 6.42 Å². The monoisotopic (exact) mass is 343 g/mol. The van der Waals surface area contributed by atoms with Crippen molar-refractivity contribution in [1.29, 1.82) is 0 Å². The lowest BCUT2D eigenvalue weighted by atomic mass is 10.1. The minimum Gasteiger partial charge on any atom is -0.361 e. The molecule has 0 saturated heterocycles. The molecule has 0 saturated carbocycles. The average molecular weight is 343 g/mol. The van der Waals surface area contributed by atoms with Crippen molar-refractivity contribution in [3.8, 4) is 11.3 Å². The molecule has 0 aliphatic heterocycles. The van der Waals surface area contributed by atoms with E-state index < -0.39 is 0 Å². The van der Waals surface area contributed by atoms with E-state index in [1.807, 2.05) is 55.3 Å². The highest BCUT2D eigenvalue weighted by Crippen LogP contribution is 2.19. The first-order valence-corrected chi connectivity index (χ1v) is 9.07. The van der Waals surface area contributed by atoms with Crippen molar-refractivity contribution >= 4 is 5.91 Å². The van der Waals surface area contributed by atoms with E-state index in [-0.39, 0.29) is 11.9 Å². The second-order valence-electron chi connectivity index (χ2n) is 6.69. The van der Waals surface area contributed by atoms with Crippen LogP contribution in [0.3, 0.4) is 0 Å². The van der Waals surface area contributed by atoms with Crippen LogP contribution >= 0.6 is 0 Å². The van der Waals surface area contributed by atoms with Gasteiger partial charge in [0.25, 0.3) is 0 Å². The van der Waals surface area contributed by atoms with E-state index in [9.17, 15) is 4.79 Å². The third kappa shape index (κ3) is 6.70. The standard InChI is InChI=1S/C20H29N3O2/c1-16(21)12-13-20(24)23(2)14-8-4-7-11-18-15-19(22-25-18)17-9-5-3-6-10-17/h3,5-6,9-10,15-16H,4,7-8,11-14,21H2,1-2H3. The van der Waals surface area contributed by atoms with Gasteiger partial charge in [-0.25, -0.2) is 0 Å². The number of hydrogen-bond donors (Lipinski definition) is 1. The van der Waals surface area contributed by atoms with Crippen LogP contribution in [0.15, 0.2) is 40.9 Å². The second-order valence-corrected chi connectivity index (χ2v) is 6.69. The van der Waals surface area contributed by atoms with Crippen molar-refractivity contribution in [1.82, 2.24) is 10.1 Å². The molecule has 5 nitrogen and oxygen atoms in total. The van der Waals surface area contributed by atoms with Gasteiger partial charge < -0.3 is 15.2 Å². The van der Waals surface area contributed by atoms with Crippen LogP contribution in [-0.2, 0) is 11.2 Å². The summed E-state index contributed by atoms with van der Waals surface area (Å²) in [5.74, 6) is 1.10. The van der Waals surface area contributed by atoms with Crippen molar-refractivity contribution in [3.05, 3.63) is 42.2 Å². The van der Waals surface area contributed by atoms with Crippen molar-refractivity contribution < 1.29 is 9.32 Å². The van der Waals surface area contributed by atoms with Crippen molar-refractivity contribution in [2.45, 2.75) is 51.5 Å². The fourth-order valence-electron chi connectivity index (χ4n) is 2.67. The van der Waals surface area contributed by atoms with Crippen molar-refractivity contribution in [2.75, 3.05) is 13.6 Å². The first-order valence-electron chi connectivity index (χ1n) is 9.07. The van der Waals surface area contributed by atoms with Crippen molar-refractivity contribution in [2.24, 2.45) is 5.73 Å². The highest BCUT2D eigenvalue weighted by atomic mass is 16.5. The second kappa shape index (κ2) is 9.99. The Kier molecular flexibility index (Phi) is 7.67. The van der Waals surface area contributed by atoms with Gasteiger partial charge in [-0.2, -0.15) is 0 Å². The van der Waals surface area contributed by atoms with Gasteiger partial charge in [-0.1, -0.05) is 41.9 Å². The number of carbonyl (C=O) groups is 1. The van der Waals surface area contributed by atoms with Gasteiger partial charge in [0.05, 0.1) is 0 Å². The predicted molar refractivity (Wildman–Crippen MR) is 100 cm³/mol. The Balaban J connectivity index is 1.63. The van der Waals surface area contributed by atoms with Crippen LogP contribution in [0.2, 0.25) is 0 Å². The largest absolute Gasteiger partial charge is 0.361 e. The SMILES string of the molecule is CC(N)CCC(=O)N(C)CCCCCc1cc(-c2ccccc2)no1. The van der Waals surface area contributed by atoms with Gasteiger partial charge in [0.2, 0.25) is 5.91 Å². The number of hydrogen-bond acceptors (Lipinski definition) is 4. The molecule has 0 aliphatic carbocycles. The summed E-state index contributed by atoms with van der Waals surface area (Å²) >= 11 is 0. The fourth-order valence-corrected chi connectivity index (χ4v) is 2.67. The Morgan fingerprint density at radius 1 is 1.24 bits per heavy atom. The summed E-state index contributed by atoms with van der Waals surface area (Å²) in [5, 5.41) is 4.13. The van der Waals surface area contributed by atoms with Crippen LogP contribution in [0.4, 0.5) is 0 Å². The normalized spacial score (nSPS) is 12.1. The molecule has 0 radical (unpaired) electrons. The molecule has 5 heteroatoms. The highest BCUT2D eigenvalue weighted by molar-refractivity contribution is 5.75. The minimum atomic E-state index is 0.0834. The van der Waals surface area contributed by atoms with Gasteiger partial charge in [0.15, 0.2) is 0 Å². The zero-order chi connectivity index (χ0) is 18.1. The zero-order valence-electron chi connectivity index (χ0n) is 15.3. The quantitative estimate of drug-likeness (QED) is 0.669. The number of nitrogens with two attached hydrogens (primary N) is 1. The highest BCUT2D eigenvalue weighted by Gasteiger charge is 2.09. The predicted octanol–water partition coefficient (Wildman–Crippen LogP) is 3.64. The number of aromatic nitrogens is 1. The van der Waals surface area contributed by atoms with Crippen LogP contribution in [-0.4, -0.2) is 35.6 Å². The lowest BCUT2D eigenvalue weighted by Crippen LogP contribution is -2.29. The molecular formula is C20H29N3O2. The zero-order valence-corrected chi connectivity index (χ0v) is 15.3. The summed E-state index contributed by atoms with van der Waals surface area (Å²) in [5.41, 5.74) is 7.65. The number of rotatable bonds is 10. The number of unbranched alkanes of at least 4 members (excludes halogenated alkanes) is 2. The molecule has 1 aromatic heterocycles. The third-order valence-corrected chi connectivity index (χ3v) is 4.28. The number of benzene rings is 1. The summed E-state index contributed by atoms with van der Waals surface area (Å²) < 4.78 is 5.41. The molecule has 1 aromatic carbocycles. The van der Waals surface area contributed by atoms with E-state index in [4.69, 9.17) is 10.3 Å². The molecule has 136 valence electrons. The number of nitrogens with zero attached hydrogens (tertiary/aromatic N) is 2.